The largest absolute Gasteiger partial charge is 0.394 e. The van der Waals surface area contributed by atoms with Crippen molar-refractivity contribution in [3.05, 3.63) is 23.8 Å². The van der Waals surface area contributed by atoms with Crippen molar-refractivity contribution in [3.63, 3.8) is 0 Å². The van der Waals surface area contributed by atoms with Crippen molar-refractivity contribution in [2.45, 2.75) is 50.4 Å². The number of hydrogen-bond acceptors (Lipinski definition) is 9. The van der Waals surface area contributed by atoms with E-state index in [9.17, 15) is 30.3 Å². The molecular formula is C14H23N3O7. The molecule has 24 heavy (non-hydrogen) atoms. The quantitative estimate of drug-likeness (QED) is 0.235. The van der Waals surface area contributed by atoms with Crippen molar-refractivity contribution in [3.8, 4) is 0 Å². The van der Waals surface area contributed by atoms with Crippen molar-refractivity contribution in [2.24, 2.45) is 0 Å². The van der Waals surface area contributed by atoms with E-state index in [4.69, 9.17) is 5.11 Å². The molecule has 10 heteroatoms. The van der Waals surface area contributed by atoms with Crippen LogP contribution in [0.4, 0.5) is 0 Å². The fraction of sp³-hybridized carbons (Fsp3) is 0.643. The summed E-state index contributed by atoms with van der Waals surface area (Å²) in [5, 5.41) is 58.4. The van der Waals surface area contributed by atoms with Crippen molar-refractivity contribution in [1.82, 2.24) is 15.3 Å². The lowest BCUT2D eigenvalue weighted by molar-refractivity contribution is -0.193. The van der Waals surface area contributed by atoms with Crippen LogP contribution in [0.3, 0.4) is 0 Å². The highest BCUT2D eigenvalue weighted by Crippen LogP contribution is 2.17. The Balaban J connectivity index is 2.54. The lowest BCUT2D eigenvalue weighted by Gasteiger charge is -2.22. The van der Waals surface area contributed by atoms with Gasteiger partial charge in [-0.1, -0.05) is 0 Å². The molecule has 0 aliphatic rings. The zero-order chi connectivity index (χ0) is 18.3. The second-order valence-electron chi connectivity index (χ2n) is 5.47. The number of nitrogens with one attached hydrogen (secondary N) is 1. The van der Waals surface area contributed by atoms with Crippen LogP contribution < -0.4 is 5.32 Å². The SMILES string of the molecule is CC(=O)NC(O)(O)CCCc1cnc(C(O)C(O)C(O)CO)cn1. The van der Waals surface area contributed by atoms with Crippen LogP contribution in [0.5, 0.6) is 0 Å². The molecule has 0 fully saturated rings. The number of carbonyl (C=O) groups excluding carboxylic acids is 1. The second kappa shape index (κ2) is 8.97. The Kier molecular flexibility index (Phi) is 7.60. The van der Waals surface area contributed by atoms with E-state index in [2.05, 4.69) is 9.97 Å². The Hall–Kier alpha value is -1.69. The summed E-state index contributed by atoms with van der Waals surface area (Å²) in [4.78, 5) is 18.7. The van der Waals surface area contributed by atoms with Crippen molar-refractivity contribution in [2.75, 3.05) is 6.61 Å². The van der Waals surface area contributed by atoms with Gasteiger partial charge in [-0.15, -0.1) is 0 Å². The fourth-order valence-corrected chi connectivity index (χ4v) is 2.00. The first kappa shape index (κ1) is 20.4. The Morgan fingerprint density at radius 1 is 1.25 bits per heavy atom. The standard InChI is InChI=1S/C14H23N3O7/c1-8(19)17-14(23,24)4-2-3-9-5-16-10(6-15-9)12(21)13(22)11(20)7-18/h5-6,11-13,18,20-24H,2-4,7H2,1H3,(H,17,19). The van der Waals surface area contributed by atoms with Crippen LogP contribution in [-0.4, -0.2) is 71.2 Å². The smallest absolute Gasteiger partial charge is 0.246 e. The Labute approximate surface area is 138 Å². The number of nitrogens with zero attached hydrogens (tertiary/aromatic N) is 2. The fourth-order valence-electron chi connectivity index (χ4n) is 2.00. The highest BCUT2D eigenvalue weighted by molar-refractivity contribution is 5.73. The average molecular weight is 345 g/mol. The lowest BCUT2D eigenvalue weighted by atomic mass is 10.1. The van der Waals surface area contributed by atoms with E-state index in [-0.39, 0.29) is 12.1 Å². The summed E-state index contributed by atoms with van der Waals surface area (Å²) < 4.78 is 0. The van der Waals surface area contributed by atoms with E-state index >= 15 is 0 Å². The van der Waals surface area contributed by atoms with Crippen LogP contribution in [0, 0.1) is 0 Å². The molecule has 3 atom stereocenters. The van der Waals surface area contributed by atoms with E-state index in [1.807, 2.05) is 5.32 Å². The minimum Gasteiger partial charge on any atom is -0.394 e. The zero-order valence-electron chi connectivity index (χ0n) is 13.2. The molecular weight excluding hydrogens is 322 g/mol. The van der Waals surface area contributed by atoms with E-state index in [0.29, 0.717) is 18.5 Å². The van der Waals surface area contributed by atoms with Gasteiger partial charge < -0.3 is 36.0 Å². The first-order valence-electron chi connectivity index (χ1n) is 7.35. The number of carbonyl (C=O) groups is 1. The van der Waals surface area contributed by atoms with Crippen LogP contribution in [0.15, 0.2) is 12.4 Å². The number of aryl methyl sites for hydroxylation is 1. The predicted molar refractivity (Wildman–Crippen MR) is 80.0 cm³/mol. The molecule has 0 aromatic carbocycles. The Morgan fingerprint density at radius 3 is 2.42 bits per heavy atom. The average Bonchev–Trinajstić information content (AvgIpc) is 2.52. The molecule has 0 aliphatic carbocycles. The molecule has 1 heterocycles. The van der Waals surface area contributed by atoms with Gasteiger partial charge in [-0.05, 0) is 12.8 Å². The summed E-state index contributed by atoms with van der Waals surface area (Å²) in [6.45, 7) is 0.459. The summed E-state index contributed by atoms with van der Waals surface area (Å²) in [6.07, 6.45) is -1.52. The summed E-state index contributed by atoms with van der Waals surface area (Å²) in [5.41, 5.74) is 0.525. The first-order chi connectivity index (χ1) is 11.2. The first-order valence-corrected chi connectivity index (χ1v) is 7.35. The maximum Gasteiger partial charge on any atom is 0.246 e. The van der Waals surface area contributed by atoms with Gasteiger partial charge in [-0.3, -0.25) is 14.8 Å². The van der Waals surface area contributed by atoms with Gasteiger partial charge in [-0.25, -0.2) is 0 Å². The second-order valence-corrected chi connectivity index (χ2v) is 5.47. The van der Waals surface area contributed by atoms with Crippen LogP contribution >= 0.6 is 0 Å². The van der Waals surface area contributed by atoms with Gasteiger partial charge in [0.25, 0.3) is 0 Å². The molecule has 1 amide bonds. The van der Waals surface area contributed by atoms with E-state index < -0.39 is 36.7 Å². The molecule has 7 N–H and O–H groups in total. The normalized spacial score (nSPS) is 15.6. The van der Waals surface area contributed by atoms with Crippen molar-refractivity contribution < 1.29 is 35.4 Å². The molecule has 0 radical (unpaired) electrons. The van der Waals surface area contributed by atoms with Gasteiger partial charge >= 0.3 is 0 Å². The third kappa shape index (κ3) is 6.43. The van der Waals surface area contributed by atoms with Crippen LogP contribution in [-0.2, 0) is 11.2 Å². The van der Waals surface area contributed by atoms with Crippen LogP contribution in [0.1, 0.15) is 37.3 Å². The number of aromatic nitrogens is 2. The topological polar surface area (TPSA) is 176 Å². The van der Waals surface area contributed by atoms with Crippen molar-refractivity contribution in [1.29, 1.82) is 0 Å². The lowest BCUT2D eigenvalue weighted by Crippen LogP contribution is -2.47. The van der Waals surface area contributed by atoms with E-state index in [1.54, 1.807) is 0 Å². The molecule has 0 aliphatic heterocycles. The summed E-state index contributed by atoms with van der Waals surface area (Å²) in [6, 6.07) is 0. The Morgan fingerprint density at radius 2 is 1.92 bits per heavy atom. The molecule has 0 saturated heterocycles. The van der Waals surface area contributed by atoms with E-state index in [1.165, 1.54) is 19.3 Å². The highest BCUT2D eigenvalue weighted by Gasteiger charge is 2.27. The van der Waals surface area contributed by atoms with Crippen molar-refractivity contribution >= 4 is 5.91 Å². The van der Waals surface area contributed by atoms with Gasteiger partial charge in [-0.2, -0.15) is 0 Å². The molecule has 1 aromatic heterocycles. The maximum atomic E-state index is 10.8. The predicted octanol–water partition coefficient (Wildman–Crippen LogP) is -2.68. The number of amides is 1. The molecule has 3 unspecified atom stereocenters. The zero-order valence-corrected chi connectivity index (χ0v) is 13.2. The van der Waals surface area contributed by atoms with Gasteiger partial charge in [0.1, 0.15) is 18.3 Å². The molecule has 1 rings (SSSR count). The minimum atomic E-state index is -2.29. The summed E-state index contributed by atoms with van der Waals surface area (Å²) in [7, 11) is 0. The number of hydrogen-bond donors (Lipinski definition) is 7. The van der Waals surface area contributed by atoms with Gasteiger partial charge in [0.15, 0.2) is 0 Å². The summed E-state index contributed by atoms with van der Waals surface area (Å²) >= 11 is 0. The van der Waals surface area contributed by atoms with Crippen LogP contribution in [0.2, 0.25) is 0 Å². The van der Waals surface area contributed by atoms with Gasteiger partial charge in [0, 0.05) is 19.5 Å². The molecule has 136 valence electrons. The molecule has 0 saturated carbocycles. The maximum absolute atomic E-state index is 10.8. The third-order valence-corrected chi connectivity index (χ3v) is 3.27. The van der Waals surface area contributed by atoms with Gasteiger partial charge in [0.2, 0.25) is 11.8 Å². The number of aliphatic hydroxyl groups excluding tert-OH is 4. The summed E-state index contributed by atoms with van der Waals surface area (Å²) in [5.74, 6) is -2.86. The highest BCUT2D eigenvalue weighted by atomic mass is 16.5. The minimum absolute atomic E-state index is 0.0238. The number of aliphatic hydroxyl groups is 6. The van der Waals surface area contributed by atoms with Crippen LogP contribution in [0.25, 0.3) is 0 Å². The van der Waals surface area contributed by atoms with E-state index in [0.717, 1.165) is 0 Å². The molecule has 0 bridgehead atoms. The monoisotopic (exact) mass is 345 g/mol. The molecule has 0 spiro atoms. The third-order valence-electron chi connectivity index (χ3n) is 3.27. The van der Waals surface area contributed by atoms with Gasteiger partial charge in [0.05, 0.1) is 24.2 Å². The number of rotatable bonds is 9. The Bertz CT molecular complexity index is 524. The molecule has 10 nitrogen and oxygen atoms in total. The molecule has 1 aromatic rings.